The molecule has 0 radical (unpaired) electrons. The number of hydrogen-bond donors (Lipinski definition) is 1. The SMILES string of the molecule is CC(C)NCC/C=C/CCc1cnn(C)c1. The Balaban J connectivity index is 2.04. The van der Waals surface area contributed by atoms with Crippen LogP contribution in [-0.2, 0) is 13.5 Å². The standard InChI is InChI=1S/C13H23N3/c1-12(2)14-9-7-5-4-6-8-13-10-15-16(3)11-13/h4-5,10-12,14H,6-9H2,1-3H3/b5-4+. The molecule has 1 aromatic heterocycles. The maximum atomic E-state index is 4.15. The van der Waals surface area contributed by atoms with Crippen LogP contribution in [0.4, 0.5) is 0 Å². The summed E-state index contributed by atoms with van der Waals surface area (Å²) in [5.74, 6) is 0. The van der Waals surface area contributed by atoms with Gasteiger partial charge in [0.2, 0.25) is 0 Å². The lowest BCUT2D eigenvalue weighted by Gasteiger charge is -2.04. The van der Waals surface area contributed by atoms with Gasteiger partial charge in [-0.3, -0.25) is 4.68 Å². The summed E-state index contributed by atoms with van der Waals surface area (Å²) in [6.07, 6.45) is 11.8. The zero-order chi connectivity index (χ0) is 11.8. The highest BCUT2D eigenvalue weighted by Gasteiger charge is 1.93. The highest BCUT2D eigenvalue weighted by atomic mass is 15.2. The van der Waals surface area contributed by atoms with Gasteiger partial charge < -0.3 is 5.32 Å². The molecule has 0 fully saturated rings. The van der Waals surface area contributed by atoms with E-state index in [0.717, 1.165) is 25.8 Å². The van der Waals surface area contributed by atoms with Crippen LogP contribution in [0.2, 0.25) is 0 Å². The van der Waals surface area contributed by atoms with Gasteiger partial charge >= 0.3 is 0 Å². The number of hydrogen-bond acceptors (Lipinski definition) is 2. The lowest BCUT2D eigenvalue weighted by Crippen LogP contribution is -2.23. The number of nitrogens with zero attached hydrogens (tertiary/aromatic N) is 2. The van der Waals surface area contributed by atoms with Crippen LogP contribution in [0.5, 0.6) is 0 Å². The second kappa shape index (κ2) is 7.23. The number of nitrogens with one attached hydrogen (secondary N) is 1. The topological polar surface area (TPSA) is 29.9 Å². The second-order valence-corrected chi connectivity index (χ2v) is 4.43. The van der Waals surface area contributed by atoms with E-state index in [4.69, 9.17) is 0 Å². The van der Waals surface area contributed by atoms with Gasteiger partial charge in [0.25, 0.3) is 0 Å². The van der Waals surface area contributed by atoms with Crippen molar-refractivity contribution in [2.45, 2.75) is 39.2 Å². The quantitative estimate of drug-likeness (QED) is 0.565. The summed E-state index contributed by atoms with van der Waals surface area (Å²) in [5.41, 5.74) is 1.31. The monoisotopic (exact) mass is 221 g/mol. The van der Waals surface area contributed by atoms with Crippen LogP contribution in [-0.4, -0.2) is 22.4 Å². The van der Waals surface area contributed by atoms with Crippen LogP contribution >= 0.6 is 0 Å². The first-order valence-electron chi connectivity index (χ1n) is 6.04. The second-order valence-electron chi connectivity index (χ2n) is 4.43. The van der Waals surface area contributed by atoms with E-state index < -0.39 is 0 Å². The molecule has 1 aromatic rings. The van der Waals surface area contributed by atoms with E-state index in [-0.39, 0.29) is 0 Å². The van der Waals surface area contributed by atoms with Crippen LogP contribution in [0.3, 0.4) is 0 Å². The molecule has 1 rings (SSSR count). The summed E-state index contributed by atoms with van der Waals surface area (Å²) in [7, 11) is 1.96. The van der Waals surface area contributed by atoms with E-state index in [1.54, 1.807) is 0 Å². The van der Waals surface area contributed by atoms with Crippen molar-refractivity contribution in [3.05, 3.63) is 30.1 Å². The van der Waals surface area contributed by atoms with E-state index in [9.17, 15) is 0 Å². The molecule has 0 unspecified atom stereocenters. The number of rotatable bonds is 7. The summed E-state index contributed by atoms with van der Waals surface area (Å²) in [6.45, 7) is 5.42. The van der Waals surface area contributed by atoms with Crippen molar-refractivity contribution in [2.75, 3.05) is 6.54 Å². The summed E-state index contributed by atoms with van der Waals surface area (Å²) >= 11 is 0. The van der Waals surface area contributed by atoms with Crippen LogP contribution < -0.4 is 5.32 Å². The molecule has 0 saturated carbocycles. The molecule has 90 valence electrons. The molecule has 1 N–H and O–H groups in total. The molecule has 0 aliphatic heterocycles. The normalized spacial score (nSPS) is 11.8. The predicted octanol–water partition coefficient (Wildman–Crippen LogP) is 2.30. The van der Waals surface area contributed by atoms with Crippen LogP contribution in [0.1, 0.15) is 32.3 Å². The maximum Gasteiger partial charge on any atom is 0.0521 e. The Labute approximate surface area is 98.5 Å². The van der Waals surface area contributed by atoms with Gasteiger partial charge in [-0.25, -0.2) is 0 Å². The molecule has 0 saturated heterocycles. The van der Waals surface area contributed by atoms with Crippen molar-refractivity contribution in [1.29, 1.82) is 0 Å². The largest absolute Gasteiger partial charge is 0.314 e. The van der Waals surface area contributed by atoms with Crippen molar-refractivity contribution < 1.29 is 0 Å². The minimum absolute atomic E-state index is 0.587. The van der Waals surface area contributed by atoms with Gasteiger partial charge in [0, 0.05) is 19.3 Å². The number of aromatic nitrogens is 2. The fourth-order valence-electron chi connectivity index (χ4n) is 1.54. The van der Waals surface area contributed by atoms with Crippen molar-refractivity contribution in [2.24, 2.45) is 7.05 Å². The van der Waals surface area contributed by atoms with Gasteiger partial charge in [0.15, 0.2) is 0 Å². The van der Waals surface area contributed by atoms with Gasteiger partial charge in [-0.2, -0.15) is 5.10 Å². The van der Waals surface area contributed by atoms with Crippen molar-refractivity contribution in [3.63, 3.8) is 0 Å². The molecule has 0 aromatic carbocycles. The third-order valence-corrected chi connectivity index (χ3v) is 2.39. The Bertz CT molecular complexity index is 313. The van der Waals surface area contributed by atoms with E-state index >= 15 is 0 Å². The van der Waals surface area contributed by atoms with E-state index in [1.807, 2.05) is 17.9 Å². The third-order valence-electron chi connectivity index (χ3n) is 2.39. The number of aryl methyl sites for hydroxylation is 2. The zero-order valence-corrected chi connectivity index (χ0v) is 10.6. The van der Waals surface area contributed by atoms with Crippen LogP contribution in [0.25, 0.3) is 0 Å². The van der Waals surface area contributed by atoms with Gasteiger partial charge in [-0.1, -0.05) is 26.0 Å². The molecule has 16 heavy (non-hydrogen) atoms. The predicted molar refractivity (Wildman–Crippen MR) is 68.4 cm³/mol. The van der Waals surface area contributed by atoms with Crippen molar-refractivity contribution >= 4 is 0 Å². The molecule has 0 aliphatic rings. The smallest absolute Gasteiger partial charge is 0.0521 e. The summed E-state index contributed by atoms with van der Waals surface area (Å²) in [5, 5.41) is 7.54. The van der Waals surface area contributed by atoms with E-state index in [2.05, 4.69) is 42.6 Å². The highest BCUT2D eigenvalue weighted by Crippen LogP contribution is 2.01. The molecular weight excluding hydrogens is 198 g/mol. The average Bonchev–Trinajstić information content (AvgIpc) is 2.62. The minimum atomic E-state index is 0.587. The van der Waals surface area contributed by atoms with E-state index in [0.29, 0.717) is 6.04 Å². The summed E-state index contributed by atoms with van der Waals surface area (Å²) in [6, 6.07) is 0.587. The van der Waals surface area contributed by atoms with E-state index in [1.165, 1.54) is 5.56 Å². The first-order valence-corrected chi connectivity index (χ1v) is 6.04. The molecule has 3 heteroatoms. The molecule has 0 aliphatic carbocycles. The minimum Gasteiger partial charge on any atom is -0.314 e. The molecule has 0 bridgehead atoms. The first kappa shape index (κ1) is 13.0. The van der Waals surface area contributed by atoms with Gasteiger partial charge in [-0.05, 0) is 31.4 Å². The summed E-state index contributed by atoms with van der Waals surface area (Å²) < 4.78 is 1.85. The van der Waals surface area contributed by atoms with Crippen LogP contribution in [0, 0.1) is 0 Å². The third kappa shape index (κ3) is 5.71. The molecule has 0 amide bonds. The molecule has 0 spiro atoms. The zero-order valence-electron chi connectivity index (χ0n) is 10.6. The van der Waals surface area contributed by atoms with Gasteiger partial charge in [0.1, 0.15) is 0 Å². The maximum absolute atomic E-state index is 4.15. The Hall–Kier alpha value is -1.09. The Kier molecular flexibility index (Phi) is 5.86. The fraction of sp³-hybridized carbons (Fsp3) is 0.615. The van der Waals surface area contributed by atoms with Gasteiger partial charge in [0.05, 0.1) is 6.20 Å². The lowest BCUT2D eigenvalue weighted by molar-refractivity contribution is 0.594. The lowest BCUT2D eigenvalue weighted by atomic mass is 10.2. The molecule has 1 heterocycles. The first-order chi connectivity index (χ1) is 7.68. The fourth-order valence-corrected chi connectivity index (χ4v) is 1.54. The Morgan fingerprint density at radius 3 is 2.75 bits per heavy atom. The molecule has 3 nitrogen and oxygen atoms in total. The highest BCUT2D eigenvalue weighted by molar-refractivity contribution is 5.04. The molecule has 0 atom stereocenters. The van der Waals surface area contributed by atoms with Crippen molar-refractivity contribution in [1.82, 2.24) is 15.1 Å². The summed E-state index contributed by atoms with van der Waals surface area (Å²) in [4.78, 5) is 0. The van der Waals surface area contributed by atoms with Crippen molar-refractivity contribution in [3.8, 4) is 0 Å². The Morgan fingerprint density at radius 1 is 1.38 bits per heavy atom. The number of allylic oxidation sites excluding steroid dienone is 1. The molecular formula is C13H23N3. The van der Waals surface area contributed by atoms with Gasteiger partial charge in [-0.15, -0.1) is 0 Å². The average molecular weight is 221 g/mol. The van der Waals surface area contributed by atoms with Crippen LogP contribution in [0.15, 0.2) is 24.5 Å². The Morgan fingerprint density at radius 2 is 2.12 bits per heavy atom.